The molecule has 0 fully saturated rings. The van der Waals surface area contributed by atoms with Gasteiger partial charge in [-0.25, -0.2) is 4.79 Å². The van der Waals surface area contributed by atoms with E-state index in [1.165, 1.54) is 4.90 Å². The second-order valence-corrected chi connectivity index (χ2v) is 5.57. The Hall–Kier alpha value is -1.53. The zero-order valence-electron chi connectivity index (χ0n) is 13.4. The number of carbonyl (C=O) groups excluding carboxylic acids is 1. The molecule has 0 saturated heterocycles. The molecular formula is C15H26N2O4. The highest BCUT2D eigenvalue weighted by molar-refractivity contribution is 5.75. The highest BCUT2D eigenvalue weighted by atomic mass is 16.3. The van der Waals surface area contributed by atoms with E-state index >= 15 is 0 Å². The SMILES string of the molecule is Cc1cc([C@H](C)NC(=O)N(C[C@H](C)O)[C@H](C)CO)c(C)o1. The number of furan rings is 1. The summed E-state index contributed by atoms with van der Waals surface area (Å²) in [7, 11) is 0. The van der Waals surface area contributed by atoms with Crippen LogP contribution in [-0.2, 0) is 0 Å². The van der Waals surface area contributed by atoms with Crippen LogP contribution in [0.15, 0.2) is 10.5 Å². The fourth-order valence-electron chi connectivity index (χ4n) is 2.27. The highest BCUT2D eigenvalue weighted by Gasteiger charge is 2.23. The van der Waals surface area contributed by atoms with Gasteiger partial charge in [-0.3, -0.25) is 0 Å². The van der Waals surface area contributed by atoms with Gasteiger partial charge in [-0.15, -0.1) is 0 Å². The fraction of sp³-hybridized carbons (Fsp3) is 0.667. The topological polar surface area (TPSA) is 85.9 Å². The normalized spacial score (nSPS) is 15.4. The van der Waals surface area contributed by atoms with E-state index < -0.39 is 6.10 Å². The Balaban J connectivity index is 2.78. The van der Waals surface area contributed by atoms with Gasteiger partial charge in [-0.2, -0.15) is 0 Å². The smallest absolute Gasteiger partial charge is 0.318 e. The molecule has 0 aliphatic carbocycles. The lowest BCUT2D eigenvalue weighted by Crippen LogP contribution is -2.49. The molecule has 2 amide bonds. The number of nitrogens with one attached hydrogen (secondary N) is 1. The molecule has 1 aromatic rings. The van der Waals surface area contributed by atoms with E-state index in [1.807, 2.05) is 26.8 Å². The third kappa shape index (κ3) is 4.75. The van der Waals surface area contributed by atoms with Crippen LogP contribution in [0.1, 0.15) is 43.9 Å². The van der Waals surface area contributed by atoms with E-state index in [1.54, 1.807) is 13.8 Å². The van der Waals surface area contributed by atoms with E-state index in [4.69, 9.17) is 4.42 Å². The lowest BCUT2D eigenvalue weighted by atomic mass is 10.1. The number of carbonyl (C=O) groups is 1. The number of aryl methyl sites for hydroxylation is 2. The number of aliphatic hydroxyl groups is 2. The third-order valence-corrected chi connectivity index (χ3v) is 3.40. The van der Waals surface area contributed by atoms with Crippen molar-refractivity contribution in [2.24, 2.45) is 0 Å². The number of nitrogens with zero attached hydrogens (tertiary/aromatic N) is 1. The molecule has 0 aliphatic rings. The molecule has 0 spiro atoms. The zero-order valence-corrected chi connectivity index (χ0v) is 13.4. The molecule has 3 atom stereocenters. The summed E-state index contributed by atoms with van der Waals surface area (Å²) in [5.74, 6) is 1.57. The lowest BCUT2D eigenvalue weighted by molar-refractivity contribution is 0.0926. The van der Waals surface area contributed by atoms with Gasteiger partial charge in [-0.1, -0.05) is 0 Å². The maximum absolute atomic E-state index is 12.3. The zero-order chi connectivity index (χ0) is 16.2. The molecule has 120 valence electrons. The molecule has 21 heavy (non-hydrogen) atoms. The third-order valence-electron chi connectivity index (χ3n) is 3.40. The molecule has 0 aliphatic heterocycles. The van der Waals surface area contributed by atoms with Gasteiger partial charge in [0.15, 0.2) is 0 Å². The fourth-order valence-corrected chi connectivity index (χ4v) is 2.27. The quantitative estimate of drug-likeness (QED) is 0.746. The summed E-state index contributed by atoms with van der Waals surface area (Å²) < 4.78 is 5.47. The van der Waals surface area contributed by atoms with Crippen molar-refractivity contribution in [2.75, 3.05) is 13.2 Å². The molecule has 1 aromatic heterocycles. The van der Waals surface area contributed by atoms with Crippen molar-refractivity contribution in [3.05, 3.63) is 23.2 Å². The van der Waals surface area contributed by atoms with Crippen molar-refractivity contribution < 1.29 is 19.4 Å². The molecule has 1 rings (SSSR count). The van der Waals surface area contributed by atoms with Crippen LogP contribution in [0.4, 0.5) is 4.79 Å². The van der Waals surface area contributed by atoms with Gasteiger partial charge < -0.3 is 24.8 Å². The number of aliphatic hydroxyl groups excluding tert-OH is 2. The second kappa shape index (κ2) is 7.47. The van der Waals surface area contributed by atoms with Crippen LogP contribution in [0.3, 0.4) is 0 Å². The van der Waals surface area contributed by atoms with Crippen LogP contribution in [0.2, 0.25) is 0 Å². The van der Waals surface area contributed by atoms with Crippen molar-refractivity contribution in [3.8, 4) is 0 Å². The summed E-state index contributed by atoms with van der Waals surface area (Å²) in [6.45, 7) is 8.95. The summed E-state index contributed by atoms with van der Waals surface area (Å²) in [6, 6.07) is 1.01. The molecule has 0 radical (unpaired) electrons. The molecule has 1 heterocycles. The molecule has 0 aromatic carbocycles. The van der Waals surface area contributed by atoms with Crippen LogP contribution >= 0.6 is 0 Å². The first-order valence-electron chi connectivity index (χ1n) is 7.19. The standard InChI is InChI=1S/C15H26N2O4/c1-9(8-18)17(7-10(2)19)15(20)16-12(4)14-6-11(3)21-13(14)5/h6,9-10,12,18-19H,7-8H2,1-5H3,(H,16,20)/t9-,10+,12+/m1/s1. The van der Waals surface area contributed by atoms with Gasteiger partial charge in [0.2, 0.25) is 0 Å². The Morgan fingerprint density at radius 2 is 2.00 bits per heavy atom. The number of urea groups is 1. The Morgan fingerprint density at radius 1 is 1.38 bits per heavy atom. The Morgan fingerprint density at radius 3 is 2.43 bits per heavy atom. The van der Waals surface area contributed by atoms with E-state index in [2.05, 4.69) is 5.32 Å². The molecule has 0 saturated carbocycles. The number of hydrogen-bond donors (Lipinski definition) is 3. The van der Waals surface area contributed by atoms with Crippen LogP contribution in [0.5, 0.6) is 0 Å². The monoisotopic (exact) mass is 298 g/mol. The maximum atomic E-state index is 12.3. The van der Waals surface area contributed by atoms with Crippen molar-refractivity contribution in [2.45, 2.75) is 52.8 Å². The van der Waals surface area contributed by atoms with Gasteiger partial charge in [0, 0.05) is 12.1 Å². The van der Waals surface area contributed by atoms with E-state index in [-0.39, 0.29) is 31.3 Å². The molecule has 6 heteroatoms. The first-order chi connectivity index (χ1) is 9.76. The van der Waals surface area contributed by atoms with Crippen molar-refractivity contribution in [1.29, 1.82) is 0 Å². The Kier molecular flexibility index (Phi) is 6.23. The summed E-state index contributed by atoms with van der Waals surface area (Å²) in [5, 5.41) is 21.6. The number of hydrogen-bond acceptors (Lipinski definition) is 4. The van der Waals surface area contributed by atoms with Gasteiger partial charge >= 0.3 is 6.03 Å². The Labute approximate surface area is 125 Å². The average Bonchev–Trinajstić information content (AvgIpc) is 2.73. The molecular weight excluding hydrogens is 272 g/mol. The van der Waals surface area contributed by atoms with Crippen molar-refractivity contribution >= 4 is 6.03 Å². The number of rotatable bonds is 6. The van der Waals surface area contributed by atoms with Gasteiger partial charge in [0.25, 0.3) is 0 Å². The maximum Gasteiger partial charge on any atom is 0.318 e. The van der Waals surface area contributed by atoms with Gasteiger partial charge in [0.1, 0.15) is 11.5 Å². The summed E-state index contributed by atoms with van der Waals surface area (Å²) in [6.07, 6.45) is -0.655. The summed E-state index contributed by atoms with van der Waals surface area (Å²) in [4.78, 5) is 13.8. The first-order valence-corrected chi connectivity index (χ1v) is 7.19. The predicted molar refractivity (Wildman–Crippen MR) is 80.1 cm³/mol. The largest absolute Gasteiger partial charge is 0.466 e. The van der Waals surface area contributed by atoms with E-state index in [9.17, 15) is 15.0 Å². The van der Waals surface area contributed by atoms with Crippen molar-refractivity contribution in [3.63, 3.8) is 0 Å². The van der Waals surface area contributed by atoms with Gasteiger partial charge in [-0.05, 0) is 40.7 Å². The first kappa shape index (κ1) is 17.5. The van der Waals surface area contributed by atoms with Gasteiger partial charge in [0.05, 0.1) is 24.8 Å². The van der Waals surface area contributed by atoms with E-state index in [0.717, 1.165) is 17.1 Å². The van der Waals surface area contributed by atoms with Crippen LogP contribution < -0.4 is 5.32 Å². The summed E-state index contributed by atoms with van der Waals surface area (Å²) in [5.41, 5.74) is 0.925. The minimum Gasteiger partial charge on any atom is -0.466 e. The van der Waals surface area contributed by atoms with Crippen molar-refractivity contribution in [1.82, 2.24) is 10.2 Å². The Bertz CT molecular complexity index is 470. The van der Waals surface area contributed by atoms with Crippen LogP contribution in [0, 0.1) is 13.8 Å². The molecule has 6 nitrogen and oxygen atoms in total. The van der Waals surface area contributed by atoms with Crippen LogP contribution in [0.25, 0.3) is 0 Å². The summed E-state index contributed by atoms with van der Waals surface area (Å²) >= 11 is 0. The average molecular weight is 298 g/mol. The molecule has 0 unspecified atom stereocenters. The van der Waals surface area contributed by atoms with Crippen LogP contribution in [-0.4, -0.2) is 46.4 Å². The second-order valence-electron chi connectivity index (χ2n) is 5.57. The molecule has 3 N–H and O–H groups in total. The lowest BCUT2D eigenvalue weighted by Gasteiger charge is -2.30. The predicted octanol–water partition coefficient (Wildman–Crippen LogP) is 1.73. The van der Waals surface area contributed by atoms with E-state index in [0.29, 0.717) is 0 Å². The number of amides is 2. The minimum atomic E-state index is -0.655. The highest BCUT2D eigenvalue weighted by Crippen LogP contribution is 2.21. The minimum absolute atomic E-state index is 0.154. The molecule has 0 bridgehead atoms.